The molecule has 0 radical (unpaired) electrons. The summed E-state index contributed by atoms with van der Waals surface area (Å²) in [5.41, 5.74) is 7.05. The van der Waals surface area contributed by atoms with E-state index in [4.69, 9.17) is 4.74 Å². The molecule has 5 rings (SSSR count). The standard InChI is InChI=1S/C25H23N3O2/c1-17-4-2-6-19(12-17)23-16-27-24-22(23)14-21(15-26-24)18-5-3-7-20(13-18)25(29)28-8-10-30-11-9-28/h2-7,12-16H,8-11H2,1H3,(H,26,27). The quantitative estimate of drug-likeness (QED) is 0.546. The van der Waals surface area contributed by atoms with Crippen LogP contribution in [0, 0.1) is 6.92 Å². The Morgan fingerprint density at radius 3 is 2.63 bits per heavy atom. The van der Waals surface area contributed by atoms with Gasteiger partial charge >= 0.3 is 0 Å². The molecule has 1 fully saturated rings. The highest BCUT2D eigenvalue weighted by Gasteiger charge is 2.19. The first kappa shape index (κ1) is 18.6. The number of pyridine rings is 1. The third-order valence-electron chi connectivity index (χ3n) is 5.60. The molecule has 1 amide bonds. The molecule has 1 aliphatic rings. The Morgan fingerprint density at radius 1 is 1.00 bits per heavy atom. The average Bonchev–Trinajstić information content (AvgIpc) is 3.22. The molecule has 0 unspecified atom stereocenters. The fourth-order valence-corrected chi connectivity index (χ4v) is 3.99. The number of benzene rings is 2. The minimum atomic E-state index is 0.0521. The zero-order valence-corrected chi connectivity index (χ0v) is 16.9. The second kappa shape index (κ2) is 7.76. The maximum atomic E-state index is 12.9. The summed E-state index contributed by atoms with van der Waals surface area (Å²) in [7, 11) is 0. The lowest BCUT2D eigenvalue weighted by atomic mass is 10.00. The van der Waals surface area contributed by atoms with Gasteiger partial charge < -0.3 is 14.6 Å². The minimum absolute atomic E-state index is 0.0521. The van der Waals surface area contributed by atoms with Crippen molar-refractivity contribution in [2.24, 2.45) is 0 Å². The third kappa shape index (κ3) is 3.48. The van der Waals surface area contributed by atoms with Gasteiger partial charge in [0.05, 0.1) is 13.2 Å². The summed E-state index contributed by atoms with van der Waals surface area (Å²) >= 11 is 0. The second-order valence-corrected chi connectivity index (χ2v) is 7.68. The molecule has 2 aromatic heterocycles. The van der Waals surface area contributed by atoms with Gasteiger partial charge in [0.2, 0.25) is 0 Å². The van der Waals surface area contributed by atoms with Gasteiger partial charge in [0.25, 0.3) is 5.91 Å². The highest BCUT2D eigenvalue weighted by molar-refractivity contribution is 5.98. The van der Waals surface area contributed by atoms with Crippen molar-refractivity contribution >= 4 is 16.9 Å². The van der Waals surface area contributed by atoms with Crippen LogP contribution < -0.4 is 0 Å². The molecule has 0 spiro atoms. The largest absolute Gasteiger partial charge is 0.378 e. The molecule has 5 nitrogen and oxygen atoms in total. The molecule has 30 heavy (non-hydrogen) atoms. The number of aromatic nitrogens is 2. The molecule has 3 heterocycles. The van der Waals surface area contributed by atoms with E-state index in [0.29, 0.717) is 31.9 Å². The van der Waals surface area contributed by atoms with Crippen LogP contribution in [0.25, 0.3) is 33.3 Å². The van der Waals surface area contributed by atoms with Gasteiger partial charge in [-0.1, -0.05) is 42.0 Å². The Hall–Kier alpha value is -3.44. The number of H-pyrrole nitrogens is 1. The Balaban J connectivity index is 1.52. The van der Waals surface area contributed by atoms with Gasteiger partial charge in [-0.3, -0.25) is 4.79 Å². The number of fused-ring (bicyclic) bond motifs is 1. The van der Waals surface area contributed by atoms with Crippen LogP contribution in [0.3, 0.4) is 0 Å². The lowest BCUT2D eigenvalue weighted by molar-refractivity contribution is 0.0303. The Bertz CT molecular complexity index is 1220. The maximum absolute atomic E-state index is 12.9. The number of carbonyl (C=O) groups is 1. The zero-order valence-electron chi connectivity index (χ0n) is 16.9. The predicted octanol–water partition coefficient (Wildman–Crippen LogP) is 4.68. The van der Waals surface area contributed by atoms with Gasteiger partial charge in [-0.15, -0.1) is 0 Å². The van der Waals surface area contributed by atoms with Crippen LogP contribution in [0.1, 0.15) is 15.9 Å². The number of nitrogens with one attached hydrogen (secondary N) is 1. The summed E-state index contributed by atoms with van der Waals surface area (Å²) in [6.07, 6.45) is 3.87. The van der Waals surface area contributed by atoms with E-state index >= 15 is 0 Å². The van der Waals surface area contributed by atoms with Crippen LogP contribution in [-0.2, 0) is 4.74 Å². The number of aryl methyl sites for hydroxylation is 1. The van der Waals surface area contributed by atoms with Crippen molar-refractivity contribution in [1.29, 1.82) is 0 Å². The molecule has 0 saturated carbocycles. The summed E-state index contributed by atoms with van der Waals surface area (Å²) in [5, 5.41) is 1.07. The van der Waals surface area contributed by atoms with Gasteiger partial charge in [0.15, 0.2) is 0 Å². The van der Waals surface area contributed by atoms with Crippen LogP contribution in [0.5, 0.6) is 0 Å². The fourth-order valence-electron chi connectivity index (χ4n) is 3.99. The number of carbonyl (C=O) groups excluding carboxylic acids is 1. The molecule has 0 bridgehead atoms. The van der Waals surface area contributed by atoms with Crippen LogP contribution in [-0.4, -0.2) is 47.1 Å². The molecular weight excluding hydrogens is 374 g/mol. The number of hydrogen-bond donors (Lipinski definition) is 1. The first-order chi connectivity index (χ1) is 14.7. The minimum Gasteiger partial charge on any atom is -0.378 e. The van der Waals surface area contributed by atoms with Crippen molar-refractivity contribution in [3.05, 3.63) is 78.1 Å². The summed E-state index contributed by atoms with van der Waals surface area (Å²) in [6, 6.07) is 18.4. The predicted molar refractivity (Wildman–Crippen MR) is 118 cm³/mol. The van der Waals surface area contributed by atoms with E-state index in [-0.39, 0.29) is 5.91 Å². The van der Waals surface area contributed by atoms with Crippen molar-refractivity contribution in [2.45, 2.75) is 6.92 Å². The molecule has 1 saturated heterocycles. The van der Waals surface area contributed by atoms with Crippen LogP contribution in [0.15, 0.2) is 67.0 Å². The average molecular weight is 397 g/mol. The smallest absolute Gasteiger partial charge is 0.254 e. The van der Waals surface area contributed by atoms with Gasteiger partial charge in [-0.25, -0.2) is 4.98 Å². The monoisotopic (exact) mass is 397 g/mol. The molecule has 2 aromatic carbocycles. The lowest BCUT2D eigenvalue weighted by Gasteiger charge is -2.27. The number of aromatic amines is 1. The van der Waals surface area contributed by atoms with Gasteiger partial charge in [0, 0.05) is 47.6 Å². The van der Waals surface area contributed by atoms with E-state index in [1.54, 1.807) is 0 Å². The molecule has 1 N–H and O–H groups in total. The molecule has 1 aliphatic heterocycles. The number of nitrogens with zero attached hydrogens (tertiary/aromatic N) is 2. The van der Waals surface area contributed by atoms with E-state index in [9.17, 15) is 4.79 Å². The molecule has 4 aromatic rings. The van der Waals surface area contributed by atoms with Crippen LogP contribution in [0.4, 0.5) is 0 Å². The number of hydrogen-bond acceptors (Lipinski definition) is 3. The fraction of sp³-hybridized carbons (Fsp3) is 0.200. The molecule has 5 heteroatoms. The van der Waals surface area contributed by atoms with E-state index in [1.165, 1.54) is 5.56 Å². The second-order valence-electron chi connectivity index (χ2n) is 7.68. The van der Waals surface area contributed by atoms with Gasteiger partial charge in [-0.2, -0.15) is 0 Å². The topological polar surface area (TPSA) is 58.2 Å². The summed E-state index contributed by atoms with van der Waals surface area (Å²) < 4.78 is 5.36. The van der Waals surface area contributed by atoms with Gasteiger partial charge in [-0.05, 0) is 36.2 Å². The summed E-state index contributed by atoms with van der Waals surface area (Å²) in [5.74, 6) is 0.0521. The van der Waals surface area contributed by atoms with Crippen molar-refractivity contribution in [1.82, 2.24) is 14.9 Å². The number of morpholine rings is 1. The van der Waals surface area contributed by atoms with Crippen molar-refractivity contribution < 1.29 is 9.53 Å². The van der Waals surface area contributed by atoms with E-state index in [2.05, 4.69) is 47.2 Å². The SMILES string of the molecule is Cc1cccc(-c2c[nH]c3ncc(-c4cccc(C(=O)N5CCOCC5)c4)cc23)c1. The summed E-state index contributed by atoms with van der Waals surface area (Å²) in [6.45, 7) is 4.57. The normalized spacial score (nSPS) is 14.2. The Morgan fingerprint density at radius 2 is 1.80 bits per heavy atom. The van der Waals surface area contributed by atoms with E-state index < -0.39 is 0 Å². The highest BCUT2D eigenvalue weighted by atomic mass is 16.5. The molecule has 150 valence electrons. The first-order valence-corrected chi connectivity index (χ1v) is 10.2. The molecule has 0 aliphatic carbocycles. The van der Waals surface area contributed by atoms with E-state index in [0.717, 1.165) is 33.3 Å². The first-order valence-electron chi connectivity index (χ1n) is 10.2. The van der Waals surface area contributed by atoms with Crippen LogP contribution in [0.2, 0.25) is 0 Å². The third-order valence-corrected chi connectivity index (χ3v) is 5.60. The van der Waals surface area contributed by atoms with Crippen LogP contribution >= 0.6 is 0 Å². The zero-order chi connectivity index (χ0) is 20.5. The lowest BCUT2D eigenvalue weighted by Crippen LogP contribution is -2.40. The molecule has 0 atom stereocenters. The summed E-state index contributed by atoms with van der Waals surface area (Å²) in [4.78, 5) is 22.6. The van der Waals surface area contributed by atoms with Crippen molar-refractivity contribution in [3.8, 4) is 22.3 Å². The van der Waals surface area contributed by atoms with Crippen molar-refractivity contribution in [3.63, 3.8) is 0 Å². The number of ether oxygens (including phenoxy) is 1. The highest BCUT2D eigenvalue weighted by Crippen LogP contribution is 2.31. The Labute approximate surface area is 175 Å². The van der Waals surface area contributed by atoms with E-state index in [1.807, 2.05) is 41.6 Å². The maximum Gasteiger partial charge on any atom is 0.254 e. The Kier molecular flexibility index (Phi) is 4.81. The number of amides is 1. The van der Waals surface area contributed by atoms with Gasteiger partial charge in [0.1, 0.15) is 5.65 Å². The van der Waals surface area contributed by atoms with Crippen molar-refractivity contribution in [2.75, 3.05) is 26.3 Å². The molecular formula is C25H23N3O2. The number of rotatable bonds is 3.